The lowest BCUT2D eigenvalue weighted by Crippen LogP contribution is -2.34. The van der Waals surface area contributed by atoms with Crippen LogP contribution < -0.4 is 10.6 Å². The molecular formula is C22H26N2O3. The predicted molar refractivity (Wildman–Crippen MR) is 109 cm³/mol. The lowest BCUT2D eigenvalue weighted by molar-refractivity contribution is 0.0937. The van der Waals surface area contributed by atoms with Crippen molar-refractivity contribution in [3.8, 4) is 16.9 Å². The van der Waals surface area contributed by atoms with E-state index in [1.165, 1.54) is 0 Å². The summed E-state index contributed by atoms with van der Waals surface area (Å²) in [7, 11) is 1.60. The molecule has 0 fully saturated rings. The van der Waals surface area contributed by atoms with Crippen LogP contribution in [0.25, 0.3) is 16.7 Å². The van der Waals surface area contributed by atoms with Gasteiger partial charge in [0.15, 0.2) is 0 Å². The van der Waals surface area contributed by atoms with Gasteiger partial charge in [-0.1, -0.05) is 30.3 Å². The third kappa shape index (κ3) is 3.83. The minimum Gasteiger partial charge on any atom is -0.507 e. The Bertz CT molecular complexity index is 900. The molecule has 0 atom stereocenters. The highest BCUT2D eigenvalue weighted by atomic mass is 16.5. The molecule has 2 aromatic carbocycles. The summed E-state index contributed by atoms with van der Waals surface area (Å²) in [5, 5.41) is 16.8. The number of phenolic OH excluding ortho intramolecular Hbond substituents is 1. The summed E-state index contributed by atoms with van der Waals surface area (Å²) in [6, 6.07) is 10.9. The molecule has 1 aliphatic heterocycles. The molecule has 0 saturated heterocycles. The molecule has 27 heavy (non-hydrogen) atoms. The lowest BCUT2D eigenvalue weighted by Gasteiger charge is -2.33. The molecule has 0 radical (unpaired) electrons. The third-order valence-electron chi connectivity index (χ3n) is 4.65. The van der Waals surface area contributed by atoms with E-state index in [0.29, 0.717) is 29.8 Å². The Morgan fingerprint density at radius 1 is 1.19 bits per heavy atom. The average Bonchev–Trinajstić information content (AvgIpc) is 2.60. The van der Waals surface area contributed by atoms with E-state index >= 15 is 0 Å². The monoisotopic (exact) mass is 366 g/mol. The van der Waals surface area contributed by atoms with Crippen LogP contribution in [0, 0.1) is 0 Å². The Hall–Kier alpha value is -2.79. The fourth-order valence-corrected chi connectivity index (χ4v) is 3.63. The zero-order chi connectivity index (χ0) is 19.6. The Labute approximate surface area is 160 Å². The highest BCUT2D eigenvalue weighted by Gasteiger charge is 2.29. The fraction of sp³-hybridized carbons (Fsp3) is 0.318. The van der Waals surface area contributed by atoms with Crippen LogP contribution in [-0.2, 0) is 4.74 Å². The van der Waals surface area contributed by atoms with Gasteiger partial charge in [-0.3, -0.25) is 4.79 Å². The van der Waals surface area contributed by atoms with Gasteiger partial charge in [0.25, 0.3) is 5.91 Å². The Kier molecular flexibility index (Phi) is 5.24. The molecule has 2 aromatic rings. The molecule has 142 valence electrons. The van der Waals surface area contributed by atoms with Crippen molar-refractivity contribution >= 4 is 17.2 Å². The van der Waals surface area contributed by atoms with Crippen LogP contribution in [0.2, 0.25) is 0 Å². The number of carbonyl (C=O) groups is 1. The van der Waals surface area contributed by atoms with Crippen molar-refractivity contribution in [3.05, 3.63) is 53.6 Å². The van der Waals surface area contributed by atoms with Crippen LogP contribution in [0.3, 0.4) is 0 Å². The maximum atomic E-state index is 13.1. The normalized spacial score (nSPS) is 14.7. The van der Waals surface area contributed by atoms with E-state index in [4.69, 9.17) is 4.74 Å². The number of benzene rings is 2. The first-order chi connectivity index (χ1) is 12.8. The summed E-state index contributed by atoms with van der Waals surface area (Å²) in [6.07, 6.45) is 2.12. The zero-order valence-electron chi connectivity index (χ0n) is 16.2. The van der Waals surface area contributed by atoms with Crippen molar-refractivity contribution in [2.75, 3.05) is 25.6 Å². The second-order valence-corrected chi connectivity index (χ2v) is 7.35. The molecule has 0 aromatic heterocycles. The minimum absolute atomic E-state index is 0.147. The van der Waals surface area contributed by atoms with E-state index in [-0.39, 0.29) is 17.2 Å². The van der Waals surface area contributed by atoms with E-state index in [0.717, 1.165) is 16.8 Å². The summed E-state index contributed by atoms with van der Waals surface area (Å²) in [6.45, 7) is 7.05. The van der Waals surface area contributed by atoms with Crippen LogP contribution in [-0.4, -0.2) is 36.8 Å². The van der Waals surface area contributed by atoms with Crippen molar-refractivity contribution in [1.29, 1.82) is 0 Å². The number of aromatic hydroxyl groups is 1. The molecule has 5 nitrogen and oxygen atoms in total. The molecule has 0 unspecified atom stereocenters. The number of hydrogen-bond donors (Lipinski definition) is 3. The molecule has 3 N–H and O–H groups in total. The summed E-state index contributed by atoms with van der Waals surface area (Å²) >= 11 is 0. The van der Waals surface area contributed by atoms with Crippen molar-refractivity contribution in [3.63, 3.8) is 0 Å². The van der Waals surface area contributed by atoms with Crippen LogP contribution in [0.15, 0.2) is 42.5 Å². The zero-order valence-corrected chi connectivity index (χ0v) is 16.2. The van der Waals surface area contributed by atoms with E-state index in [9.17, 15) is 9.90 Å². The number of para-hydroxylation sites is 1. The number of phenols is 1. The van der Waals surface area contributed by atoms with Crippen molar-refractivity contribution in [2.24, 2.45) is 0 Å². The third-order valence-corrected chi connectivity index (χ3v) is 4.65. The molecule has 0 saturated carbocycles. The number of methoxy groups -OCH3 is 1. The van der Waals surface area contributed by atoms with Gasteiger partial charge in [0.2, 0.25) is 0 Å². The van der Waals surface area contributed by atoms with Gasteiger partial charge in [0.05, 0.1) is 17.7 Å². The van der Waals surface area contributed by atoms with Crippen molar-refractivity contribution in [1.82, 2.24) is 5.32 Å². The summed E-state index contributed by atoms with van der Waals surface area (Å²) in [5.74, 6) is -0.0365. The number of allylic oxidation sites excluding steroid dienone is 1. The number of carbonyl (C=O) groups excluding carboxylic acids is 1. The summed E-state index contributed by atoms with van der Waals surface area (Å²) in [4.78, 5) is 13.1. The van der Waals surface area contributed by atoms with E-state index < -0.39 is 0 Å². The molecule has 3 rings (SSSR count). The van der Waals surface area contributed by atoms with E-state index in [1.54, 1.807) is 19.2 Å². The molecule has 0 spiro atoms. The molecule has 5 heteroatoms. The summed E-state index contributed by atoms with van der Waals surface area (Å²) < 4.78 is 5.04. The van der Waals surface area contributed by atoms with Gasteiger partial charge in [-0.05, 0) is 44.0 Å². The van der Waals surface area contributed by atoms with Gasteiger partial charge in [-0.25, -0.2) is 0 Å². The topological polar surface area (TPSA) is 70.6 Å². The second kappa shape index (κ2) is 7.45. The first kappa shape index (κ1) is 19.0. The van der Waals surface area contributed by atoms with Crippen molar-refractivity contribution in [2.45, 2.75) is 26.3 Å². The van der Waals surface area contributed by atoms with Gasteiger partial charge in [-0.2, -0.15) is 0 Å². The number of rotatable bonds is 5. The number of ether oxygens (including phenoxy) is 1. The first-order valence-electron chi connectivity index (χ1n) is 9.04. The van der Waals surface area contributed by atoms with Gasteiger partial charge in [-0.15, -0.1) is 0 Å². The number of hydrogen-bond acceptors (Lipinski definition) is 4. The number of nitrogens with one attached hydrogen (secondary N) is 2. The smallest absolute Gasteiger partial charge is 0.252 e. The Morgan fingerprint density at radius 3 is 2.63 bits per heavy atom. The molecular weight excluding hydrogens is 340 g/mol. The molecule has 1 heterocycles. The van der Waals surface area contributed by atoms with Gasteiger partial charge in [0.1, 0.15) is 5.75 Å². The lowest BCUT2D eigenvalue weighted by atomic mass is 9.84. The van der Waals surface area contributed by atoms with E-state index in [2.05, 4.69) is 30.6 Å². The maximum absolute atomic E-state index is 13.1. The van der Waals surface area contributed by atoms with Crippen LogP contribution >= 0.6 is 0 Å². The van der Waals surface area contributed by atoms with Crippen LogP contribution in [0.5, 0.6) is 5.75 Å². The predicted octanol–water partition coefficient (Wildman–Crippen LogP) is 4.04. The Balaban J connectivity index is 2.19. The number of fused-ring (bicyclic) bond motifs is 1. The van der Waals surface area contributed by atoms with Gasteiger partial charge < -0.3 is 20.5 Å². The number of amides is 1. The summed E-state index contributed by atoms with van der Waals surface area (Å²) in [5.41, 5.74) is 4.51. The van der Waals surface area contributed by atoms with Gasteiger partial charge >= 0.3 is 0 Å². The molecule has 1 aliphatic rings. The second-order valence-electron chi connectivity index (χ2n) is 7.35. The molecule has 0 bridgehead atoms. The first-order valence-corrected chi connectivity index (χ1v) is 9.04. The largest absolute Gasteiger partial charge is 0.507 e. The highest BCUT2D eigenvalue weighted by Crippen LogP contribution is 2.41. The number of anilines is 1. The minimum atomic E-state index is -0.197. The SMILES string of the molecule is COCCNC(=O)c1c(-c2ccccc2O)ccc2c1C(C)=CC(C)(C)N2. The standard InChI is InChI=1S/C22H26N2O3/c1-14-13-22(2,3)24-17-10-9-16(15-7-5-6-8-18(15)25)20(19(14)17)21(26)23-11-12-27-4/h5-10,13,24-25H,11-12H2,1-4H3,(H,23,26). The average molecular weight is 366 g/mol. The Morgan fingerprint density at radius 2 is 1.93 bits per heavy atom. The van der Waals surface area contributed by atoms with Crippen LogP contribution in [0.4, 0.5) is 5.69 Å². The van der Waals surface area contributed by atoms with Gasteiger partial charge in [0, 0.05) is 30.5 Å². The molecule has 1 amide bonds. The quantitative estimate of drug-likeness (QED) is 0.699. The highest BCUT2D eigenvalue weighted by molar-refractivity contribution is 6.08. The maximum Gasteiger partial charge on any atom is 0.252 e. The fourth-order valence-electron chi connectivity index (χ4n) is 3.63. The van der Waals surface area contributed by atoms with Crippen LogP contribution in [0.1, 0.15) is 36.7 Å². The molecule has 0 aliphatic carbocycles. The van der Waals surface area contributed by atoms with Crippen molar-refractivity contribution < 1.29 is 14.6 Å². The van der Waals surface area contributed by atoms with E-state index in [1.807, 2.05) is 31.2 Å².